The molecule has 1 fully saturated rings. The fraction of sp³-hybridized carbons (Fsp3) is 0.467. The van der Waals surface area contributed by atoms with Crippen LogP contribution in [0.3, 0.4) is 0 Å². The molecule has 1 aliphatic rings. The lowest BCUT2D eigenvalue weighted by atomic mass is 10.2. The Morgan fingerprint density at radius 2 is 1.91 bits per heavy atom. The Hall–Kier alpha value is -1.79. The van der Waals surface area contributed by atoms with Crippen molar-refractivity contribution in [1.29, 1.82) is 0 Å². The second kappa shape index (κ2) is 6.98. The van der Waals surface area contributed by atoms with E-state index in [-0.39, 0.29) is 12.1 Å². The summed E-state index contributed by atoms with van der Waals surface area (Å²) in [6.07, 6.45) is 0.260. The van der Waals surface area contributed by atoms with Crippen molar-refractivity contribution >= 4 is 29.3 Å². The van der Waals surface area contributed by atoms with Crippen molar-refractivity contribution in [3.63, 3.8) is 0 Å². The molecule has 0 saturated carbocycles. The van der Waals surface area contributed by atoms with Gasteiger partial charge in [-0.2, -0.15) is 0 Å². The lowest BCUT2D eigenvalue weighted by Crippen LogP contribution is -2.47. The van der Waals surface area contributed by atoms with E-state index in [9.17, 15) is 9.59 Å². The number of anilines is 1. The zero-order chi connectivity index (χ0) is 16.3. The van der Waals surface area contributed by atoms with Gasteiger partial charge in [-0.15, -0.1) is 0 Å². The Labute approximate surface area is 134 Å². The fourth-order valence-electron chi connectivity index (χ4n) is 2.51. The van der Waals surface area contributed by atoms with Crippen LogP contribution in [0.15, 0.2) is 24.3 Å². The van der Waals surface area contributed by atoms with Crippen molar-refractivity contribution < 1.29 is 19.1 Å². The first-order chi connectivity index (χ1) is 10.5. The van der Waals surface area contributed by atoms with E-state index in [1.807, 2.05) is 0 Å². The van der Waals surface area contributed by atoms with Gasteiger partial charge in [0.05, 0.1) is 13.2 Å². The number of rotatable bonds is 3. The Morgan fingerprint density at radius 3 is 2.45 bits per heavy atom. The average molecular weight is 327 g/mol. The van der Waals surface area contributed by atoms with Crippen LogP contribution < -0.4 is 4.90 Å². The summed E-state index contributed by atoms with van der Waals surface area (Å²) in [5, 5.41) is 0.595. The molecule has 0 aliphatic carbocycles. The Morgan fingerprint density at radius 1 is 1.27 bits per heavy atom. The molecule has 1 heterocycles. The van der Waals surface area contributed by atoms with E-state index < -0.39 is 12.0 Å². The zero-order valence-corrected chi connectivity index (χ0v) is 13.5. The number of methoxy groups -OCH3 is 2. The molecule has 22 heavy (non-hydrogen) atoms. The molecular weight excluding hydrogens is 308 g/mol. The van der Waals surface area contributed by atoms with Crippen LogP contribution in [0.25, 0.3) is 0 Å². The maximum atomic E-state index is 12.7. The number of urea groups is 1. The second-order valence-corrected chi connectivity index (χ2v) is 5.54. The summed E-state index contributed by atoms with van der Waals surface area (Å²) in [5.41, 5.74) is 0.693. The molecule has 0 unspecified atom stereocenters. The molecule has 7 heteroatoms. The largest absolute Gasteiger partial charge is 0.467 e. The van der Waals surface area contributed by atoms with Crippen LogP contribution in [0.1, 0.15) is 6.42 Å². The van der Waals surface area contributed by atoms with Crippen molar-refractivity contribution in [2.45, 2.75) is 18.6 Å². The van der Waals surface area contributed by atoms with Crippen LogP contribution in [0.2, 0.25) is 5.02 Å². The summed E-state index contributed by atoms with van der Waals surface area (Å²) in [6.45, 7) is 0.354. The minimum Gasteiger partial charge on any atom is -0.467 e. The van der Waals surface area contributed by atoms with E-state index in [4.69, 9.17) is 21.1 Å². The number of likely N-dealkylation sites (tertiary alicyclic amines) is 1. The summed E-state index contributed by atoms with van der Waals surface area (Å²) in [4.78, 5) is 27.5. The van der Waals surface area contributed by atoms with Crippen LogP contribution in [0.5, 0.6) is 0 Å². The number of ether oxygens (including phenoxy) is 2. The van der Waals surface area contributed by atoms with Crippen LogP contribution in [0.4, 0.5) is 10.5 Å². The highest BCUT2D eigenvalue weighted by molar-refractivity contribution is 6.30. The van der Waals surface area contributed by atoms with Gasteiger partial charge in [0.2, 0.25) is 0 Å². The van der Waals surface area contributed by atoms with Crippen LogP contribution in [-0.4, -0.2) is 56.9 Å². The molecule has 2 rings (SSSR count). The molecule has 0 spiro atoms. The molecule has 1 aliphatic heterocycles. The van der Waals surface area contributed by atoms with E-state index in [0.717, 1.165) is 0 Å². The highest BCUT2D eigenvalue weighted by atomic mass is 35.5. The normalized spacial score (nSPS) is 20.8. The first kappa shape index (κ1) is 16.6. The van der Waals surface area contributed by atoms with Crippen molar-refractivity contribution in [1.82, 2.24) is 4.90 Å². The molecule has 0 N–H and O–H groups in total. The third-order valence-corrected chi connectivity index (χ3v) is 4.07. The van der Waals surface area contributed by atoms with Gasteiger partial charge < -0.3 is 14.4 Å². The van der Waals surface area contributed by atoms with Gasteiger partial charge in [0.1, 0.15) is 6.04 Å². The van der Waals surface area contributed by atoms with E-state index in [0.29, 0.717) is 23.7 Å². The first-order valence-corrected chi connectivity index (χ1v) is 7.26. The van der Waals surface area contributed by atoms with Gasteiger partial charge in [-0.3, -0.25) is 4.90 Å². The van der Waals surface area contributed by atoms with Gasteiger partial charge in [0.15, 0.2) is 0 Å². The first-order valence-electron chi connectivity index (χ1n) is 6.88. The summed E-state index contributed by atoms with van der Waals surface area (Å²) in [6, 6.07) is 6.00. The van der Waals surface area contributed by atoms with Crippen LogP contribution in [0, 0.1) is 0 Å². The van der Waals surface area contributed by atoms with Gasteiger partial charge in [-0.1, -0.05) is 11.6 Å². The molecule has 0 radical (unpaired) electrons. The monoisotopic (exact) mass is 326 g/mol. The smallest absolute Gasteiger partial charge is 0.328 e. The number of esters is 1. The topological polar surface area (TPSA) is 59.1 Å². The van der Waals surface area contributed by atoms with Gasteiger partial charge in [0.25, 0.3) is 0 Å². The molecule has 2 amide bonds. The number of halogens is 1. The molecule has 1 aromatic carbocycles. The minimum atomic E-state index is -0.628. The quantitative estimate of drug-likeness (QED) is 0.799. The highest BCUT2D eigenvalue weighted by Crippen LogP contribution is 2.25. The fourth-order valence-corrected chi connectivity index (χ4v) is 2.63. The lowest BCUT2D eigenvalue weighted by molar-refractivity contribution is -0.145. The van der Waals surface area contributed by atoms with E-state index in [1.54, 1.807) is 38.4 Å². The predicted molar refractivity (Wildman–Crippen MR) is 83.2 cm³/mol. The zero-order valence-electron chi connectivity index (χ0n) is 12.8. The number of nitrogens with zero attached hydrogens (tertiary/aromatic N) is 2. The minimum absolute atomic E-state index is 0.174. The van der Waals surface area contributed by atoms with Gasteiger partial charge >= 0.3 is 12.0 Å². The van der Waals surface area contributed by atoms with E-state index in [2.05, 4.69) is 0 Å². The summed E-state index contributed by atoms with van der Waals surface area (Å²) in [7, 11) is 4.53. The van der Waals surface area contributed by atoms with Crippen molar-refractivity contribution in [2.24, 2.45) is 0 Å². The lowest BCUT2D eigenvalue weighted by Gasteiger charge is -2.28. The van der Waals surface area contributed by atoms with Gasteiger partial charge in [-0.25, -0.2) is 9.59 Å². The highest BCUT2D eigenvalue weighted by Gasteiger charge is 2.41. The molecule has 1 aromatic rings. The third kappa shape index (κ3) is 3.34. The maximum absolute atomic E-state index is 12.7. The molecular formula is C15H19ClN2O4. The molecule has 0 bridgehead atoms. The number of hydrogen-bond acceptors (Lipinski definition) is 4. The molecule has 120 valence electrons. The number of carbonyl (C=O) groups is 2. The molecule has 0 aromatic heterocycles. The molecule has 6 nitrogen and oxygen atoms in total. The Balaban J connectivity index is 2.18. The number of amides is 2. The Kier molecular flexibility index (Phi) is 5.26. The van der Waals surface area contributed by atoms with Crippen LogP contribution >= 0.6 is 11.6 Å². The SMILES string of the molecule is COC(=O)[C@H]1C[C@@H](OC)CN1C(=O)N(C)c1ccc(Cl)cc1. The maximum Gasteiger partial charge on any atom is 0.328 e. The van der Waals surface area contributed by atoms with Crippen molar-refractivity contribution in [3.05, 3.63) is 29.3 Å². The molecule has 1 saturated heterocycles. The standard InChI is InChI=1S/C15H19ClN2O4/c1-17(11-6-4-10(16)5-7-11)15(20)18-9-12(21-2)8-13(18)14(19)22-3/h4-7,12-13H,8-9H2,1-3H3/t12-,13-/m1/s1. The number of carbonyl (C=O) groups excluding carboxylic acids is 2. The summed E-state index contributed by atoms with van der Waals surface area (Å²) >= 11 is 5.85. The Bertz CT molecular complexity index is 549. The summed E-state index contributed by atoms with van der Waals surface area (Å²) < 4.78 is 10.1. The van der Waals surface area contributed by atoms with Crippen LogP contribution in [-0.2, 0) is 14.3 Å². The van der Waals surface area contributed by atoms with Gasteiger partial charge in [-0.05, 0) is 24.3 Å². The number of hydrogen-bond donors (Lipinski definition) is 0. The molecule has 2 atom stereocenters. The predicted octanol–water partition coefficient (Wildman–Crippen LogP) is 2.16. The van der Waals surface area contributed by atoms with E-state index in [1.165, 1.54) is 16.9 Å². The van der Waals surface area contributed by atoms with Gasteiger partial charge in [0, 0.05) is 37.8 Å². The number of benzene rings is 1. The summed E-state index contributed by atoms with van der Waals surface area (Å²) in [5.74, 6) is -0.433. The third-order valence-electron chi connectivity index (χ3n) is 3.82. The van der Waals surface area contributed by atoms with Crippen molar-refractivity contribution in [3.8, 4) is 0 Å². The van der Waals surface area contributed by atoms with E-state index >= 15 is 0 Å². The second-order valence-electron chi connectivity index (χ2n) is 5.10. The average Bonchev–Trinajstić information content (AvgIpc) is 2.97. The van der Waals surface area contributed by atoms with Crippen molar-refractivity contribution in [2.75, 3.05) is 32.7 Å².